The molecule has 0 saturated heterocycles. The Labute approximate surface area is 118 Å². The van der Waals surface area contributed by atoms with Gasteiger partial charge in [0.05, 0.1) is 12.6 Å². The molecule has 1 amide bonds. The van der Waals surface area contributed by atoms with Crippen LogP contribution in [0.15, 0.2) is 18.2 Å². The second kappa shape index (κ2) is 5.40. The summed E-state index contributed by atoms with van der Waals surface area (Å²) in [5, 5.41) is 0. The summed E-state index contributed by atoms with van der Waals surface area (Å²) in [6.45, 7) is 2.11. The van der Waals surface area contributed by atoms with E-state index in [1.165, 1.54) is 13.2 Å². The second-order valence-corrected chi connectivity index (χ2v) is 5.69. The van der Waals surface area contributed by atoms with Crippen LogP contribution in [-0.2, 0) is 11.3 Å². The van der Waals surface area contributed by atoms with Crippen molar-refractivity contribution < 1.29 is 13.9 Å². The van der Waals surface area contributed by atoms with E-state index in [-0.39, 0.29) is 17.6 Å². The molecule has 1 unspecified atom stereocenters. The normalized spacial score (nSPS) is 17.4. The Morgan fingerprint density at radius 1 is 1.55 bits per heavy atom. The van der Waals surface area contributed by atoms with E-state index in [0.717, 1.165) is 12.8 Å². The van der Waals surface area contributed by atoms with Gasteiger partial charge in [-0.15, -0.1) is 0 Å². The Hall–Kier alpha value is -1.62. The molecule has 1 aromatic carbocycles. The van der Waals surface area contributed by atoms with Crippen LogP contribution in [0.1, 0.15) is 25.3 Å². The summed E-state index contributed by atoms with van der Waals surface area (Å²) in [6.07, 6.45) is 2.01. The Morgan fingerprint density at radius 3 is 2.70 bits per heavy atom. The summed E-state index contributed by atoms with van der Waals surface area (Å²) in [4.78, 5) is 13.9. The van der Waals surface area contributed by atoms with E-state index in [2.05, 4.69) is 0 Å². The lowest BCUT2D eigenvalue weighted by molar-refractivity contribution is -0.136. The molecule has 110 valence electrons. The third kappa shape index (κ3) is 2.93. The molecule has 1 saturated carbocycles. The third-order valence-electron chi connectivity index (χ3n) is 3.87. The standard InChI is InChI=1S/C15H21FN2O2/c1-15(17,11-5-6-11)14(19)18(2)9-10-4-7-13(20-3)12(16)8-10/h4,7-8,11H,5-6,9,17H2,1-3H3. The first-order valence-corrected chi connectivity index (χ1v) is 6.73. The van der Waals surface area contributed by atoms with Crippen LogP contribution in [0, 0.1) is 11.7 Å². The molecule has 5 heteroatoms. The topological polar surface area (TPSA) is 55.6 Å². The van der Waals surface area contributed by atoms with Gasteiger partial charge in [-0.3, -0.25) is 4.79 Å². The molecule has 0 spiro atoms. The predicted molar refractivity (Wildman–Crippen MR) is 74.7 cm³/mol. The smallest absolute Gasteiger partial charge is 0.242 e. The average molecular weight is 280 g/mol. The first-order chi connectivity index (χ1) is 9.36. The number of hydrogen-bond donors (Lipinski definition) is 1. The fraction of sp³-hybridized carbons (Fsp3) is 0.533. The van der Waals surface area contributed by atoms with E-state index >= 15 is 0 Å². The van der Waals surface area contributed by atoms with Crippen molar-refractivity contribution in [2.45, 2.75) is 31.8 Å². The lowest BCUT2D eigenvalue weighted by atomic mass is 9.95. The van der Waals surface area contributed by atoms with Gasteiger partial charge >= 0.3 is 0 Å². The van der Waals surface area contributed by atoms with E-state index in [1.807, 2.05) is 0 Å². The maximum atomic E-state index is 13.6. The van der Waals surface area contributed by atoms with Crippen molar-refractivity contribution in [3.8, 4) is 5.75 Å². The SMILES string of the molecule is COc1ccc(CN(C)C(=O)C(C)(N)C2CC2)cc1F. The highest BCUT2D eigenvalue weighted by Crippen LogP contribution is 2.39. The van der Waals surface area contributed by atoms with Gasteiger partial charge in [-0.2, -0.15) is 0 Å². The molecule has 0 heterocycles. The summed E-state index contributed by atoms with van der Waals surface area (Å²) in [6, 6.07) is 4.69. The number of ether oxygens (including phenoxy) is 1. The van der Waals surface area contributed by atoms with Crippen LogP contribution in [0.5, 0.6) is 5.75 Å². The van der Waals surface area contributed by atoms with E-state index < -0.39 is 11.4 Å². The van der Waals surface area contributed by atoms with Crippen LogP contribution in [0.4, 0.5) is 4.39 Å². The maximum absolute atomic E-state index is 13.6. The highest BCUT2D eigenvalue weighted by atomic mass is 19.1. The summed E-state index contributed by atoms with van der Waals surface area (Å²) in [7, 11) is 3.11. The number of amides is 1. The number of carbonyl (C=O) groups excluding carboxylic acids is 1. The lowest BCUT2D eigenvalue weighted by Gasteiger charge is -2.29. The highest BCUT2D eigenvalue weighted by Gasteiger charge is 2.45. The first-order valence-electron chi connectivity index (χ1n) is 6.73. The van der Waals surface area contributed by atoms with Gasteiger partial charge in [-0.05, 0) is 43.4 Å². The van der Waals surface area contributed by atoms with Gasteiger partial charge in [0.25, 0.3) is 0 Å². The Morgan fingerprint density at radius 2 is 2.20 bits per heavy atom. The molecule has 1 aliphatic carbocycles. The Bertz CT molecular complexity index is 513. The number of nitrogens with two attached hydrogens (primary N) is 1. The van der Waals surface area contributed by atoms with Crippen LogP contribution < -0.4 is 10.5 Å². The molecular weight excluding hydrogens is 259 g/mol. The van der Waals surface area contributed by atoms with Gasteiger partial charge in [0.1, 0.15) is 0 Å². The molecule has 0 aliphatic heterocycles. The van der Waals surface area contributed by atoms with E-state index in [0.29, 0.717) is 12.1 Å². The van der Waals surface area contributed by atoms with Crippen LogP contribution in [-0.4, -0.2) is 30.5 Å². The van der Waals surface area contributed by atoms with Gasteiger partial charge in [0.15, 0.2) is 11.6 Å². The summed E-state index contributed by atoms with van der Waals surface area (Å²) >= 11 is 0. The molecule has 1 atom stereocenters. The summed E-state index contributed by atoms with van der Waals surface area (Å²) in [5.41, 5.74) is 6.00. The zero-order valence-corrected chi connectivity index (χ0v) is 12.1. The molecule has 2 rings (SSSR count). The molecule has 4 nitrogen and oxygen atoms in total. The molecule has 20 heavy (non-hydrogen) atoms. The van der Waals surface area contributed by atoms with Crippen molar-refractivity contribution in [1.29, 1.82) is 0 Å². The maximum Gasteiger partial charge on any atom is 0.242 e. The fourth-order valence-electron chi connectivity index (χ4n) is 2.42. The fourth-order valence-corrected chi connectivity index (χ4v) is 2.42. The van der Waals surface area contributed by atoms with Crippen LogP contribution in [0.2, 0.25) is 0 Å². The predicted octanol–water partition coefficient (Wildman–Crippen LogP) is 1.92. The molecule has 0 aromatic heterocycles. The van der Waals surface area contributed by atoms with Crippen molar-refractivity contribution in [3.05, 3.63) is 29.6 Å². The van der Waals surface area contributed by atoms with Crippen LogP contribution >= 0.6 is 0 Å². The van der Waals surface area contributed by atoms with Gasteiger partial charge in [0.2, 0.25) is 5.91 Å². The molecule has 1 fully saturated rings. The summed E-state index contributed by atoms with van der Waals surface area (Å²) in [5.74, 6) is -0.0609. The number of rotatable bonds is 5. The van der Waals surface area contributed by atoms with E-state index in [4.69, 9.17) is 10.5 Å². The number of carbonyl (C=O) groups is 1. The van der Waals surface area contributed by atoms with Crippen molar-refractivity contribution in [2.24, 2.45) is 11.7 Å². The van der Waals surface area contributed by atoms with Crippen LogP contribution in [0.3, 0.4) is 0 Å². The zero-order valence-electron chi connectivity index (χ0n) is 12.1. The molecule has 1 aliphatic rings. The summed E-state index contributed by atoms with van der Waals surface area (Å²) < 4.78 is 18.5. The number of nitrogens with zero attached hydrogens (tertiary/aromatic N) is 1. The molecule has 0 radical (unpaired) electrons. The van der Waals surface area contributed by atoms with E-state index in [1.54, 1.807) is 31.0 Å². The van der Waals surface area contributed by atoms with Gasteiger partial charge < -0.3 is 15.4 Å². The average Bonchev–Trinajstić information content (AvgIpc) is 3.22. The zero-order chi connectivity index (χ0) is 14.9. The number of benzene rings is 1. The van der Waals surface area contributed by atoms with Crippen molar-refractivity contribution in [2.75, 3.05) is 14.2 Å². The number of methoxy groups -OCH3 is 1. The minimum absolute atomic E-state index is 0.101. The third-order valence-corrected chi connectivity index (χ3v) is 3.87. The molecule has 1 aromatic rings. The minimum atomic E-state index is -0.820. The molecule has 0 bridgehead atoms. The Kier molecular flexibility index (Phi) is 3.99. The molecule has 2 N–H and O–H groups in total. The first kappa shape index (κ1) is 14.8. The minimum Gasteiger partial charge on any atom is -0.494 e. The quantitative estimate of drug-likeness (QED) is 0.896. The largest absolute Gasteiger partial charge is 0.494 e. The monoisotopic (exact) mass is 280 g/mol. The lowest BCUT2D eigenvalue weighted by Crippen LogP contribution is -2.53. The van der Waals surface area contributed by atoms with Crippen molar-refractivity contribution >= 4 is 5.91 Å². The number of hydrogen-bond acceptors (Lipinski definition) is 3. The van der Waals surface area contributed by atoms with Gasteiger partial charge in [0, 0.05) is 13.6 Å². The molecular formula is C15H21FN2O2. The van der Waals surface area contributed by atoms with Crippen molar-refractivity contribution in [3.63, 3.8) is 0 Å². The van der Waals surface area contributed by atoms with Gasteiger partial charge in [-0.1, -0.05) is 6.07 Å². The second-order valence-electron chi connectivity index (χ2n) is 5.69. The number of likely N-dealkylation sites (N-methyl/N-ethyl adjacent to an activating group) is 1. The van der Waals surface area contributed by atoms with Crippen LogP contribution in [0.25, 0.3) is 0 Å². The van der Waals surface area contributed by atoms with E-state index in [9.17, 15) is 9.18 Å². The number of halogens is 1. The highest BCUT2D eigenvalue weighted by molar-refractivity contribution is 5.86. The van der Waals surface area contributed by atoms with Crippen molar-refractivity contribution in [1.82, 2.24) is 4.90 Å². The Balaban J connectivity index is 2.05. The van der Waals surface area contributed by atoms with Gasteiger partial charge in [-0.25, -0.2) is 4.39 Å².